The van der Waals surface area contributed by atoms with Gasteiger partial charge in [0.1, 0.15) is 5.82 Å². The molecular weight excluding hydrogens is 334 g/mol. The number of rotatable bonds is 5. The van der Waals surface area contributed by atoms with E-state index >= 15 is 0 Å². The van der Waals surface area contributed by atoms with Crippen molar-refractivity contribution in [3.8, 4) is 0 Å². The van der Waals surface area contributed by atoms with E-state index in [0.29, 0.717) is 18.2 Å². The second-order valence-electron chi connectivity index (χ2n) is 7.23. The number of urea groups is 1. The molecule has 0 unspecified atom stereocenters. The fourth-order valence-corrected chi connectivity index (χ4v) is 3.51. The van der Waals surface area contributed by atoms with Crippen LogP contribution in [0.3, 0.4) is 0 Å². The second kappa shape index (κ2) is 7.35. The number of nitrogens with one attached hydrogen (secondary N) is 1. The van der Waals surface area contributed by atoms with Crippen molar-refractivity contribution in [2.24, 2.45) is 5.73 Å². The molecule has 0 aromatic carbocycles. The number of nitrogens with two attached hydrogens (primary N) is 1. The number of amides is 3. The first-order valence-electron chi connectivity index (χ1n) is 9.07. The quantitative estimate of drug-likeness (QED) is 0.801. The molecule has 142 valence electrons. The van der Waals surface area contributed by atoms with Crippen molar-refractivity contribution in [3.05, 3.63) is 11.9 Å². The van der Waals surface area contributed by atoms with Crippen molar-refractivity contribution in [2.45, 2.75) is 38.8 Å². The number of aromatic nitrogens is 2. The van der Waals surface area contributed by atoms with Gasteiger partial charge >= 0.3 is 6.03 Å². The fourth-order valence-electron chi connectivity index (χ4n) is 3.51. The Morgan fingerprint density at radius 1 is 1.35 bits per heavy atom. The minimum Gasteiger partial charge on any atom is -0.366 e. The predicted octanol–water partition coefficient (Wildman–Crippen LogP) is 0.732. The maximum Gasteiger partial charge on any atom is 0.320 e. The number of anilines is 2. The number of carbonyl (C=O) groups is 2. The Balaban J connectivity index is 1.79. The molecule has 1 aromatic heterocycles. The molecule has 26 heavy (non-hydrogen) atoms. The smallest absolute Gasteiger partial charge is 0.320 e. The third-order valence-corrected chi connectivity index (χ3v) is 4.83. The first kappa shape index (κ1) is 18.2. The summed E-state index contributed by atoms with van der Waals surface area (Å²) in [6.07, 6.45) is 3.55. The van der Waals surface area contributed by atoms with Gasteiger partial charge in [0.15, 0.2) is 11.5 Å². The summed E-state index contributed by atoms with van der Waals surface area (Å²) in [5, 5.41) is 3.14. The normalized spacial score (nSPS) is 20.8. The number of hydrogen-bond donors (Lipinski definition) is 2. The van der Waals surface area contributed by atoms with Gasteiger partial charge in [0.05, 0.1) is 12.2 Å². The van der Waals surface area contributed by atoms with E-state index in [-0.39, 0.29) is 23.8 Å². The molecule has 9 heteroatoms. The van der Waals surface area contributed by atoms with Gasteiger partial charge in [0, 0.05) is 39.3 Å². The van der Waals surface area contributed by atoms with Crippen LogP contribution in [0.25, 0.3) is 0 Å². The Bertz CT molecular complexity index is 694. The van der Waals surface area contributed by atoms with Crippen LogP contribution >= 0.6 is 0 Å². The number of primary amides is 1. The lowest BCUT2D eigenvalue weighted by Crippen LogP contribution is -2.49. The van der Waals surface area contributed by atoms with E-state index in [1.807, 2.05) is 25.8 Å². The number of piperidine rings is 1. The van der Waals surface area contributed by atoms with Gasteiger partial charge in [-0.05, 0) is 26.7 Å². The topological polar surface area (TPSA) is 108 Å². The van der Waals surface area contributed by atoms with Gasteiger partial charge in [-0.25, -0.2) is 14.8 Å². The van der Waals surface area contributed by atoms with Gasteiger partial charge in [-0.3, -0.25) is 4.79 Å². The zero-order chi connectivity index (χ0) is 18.8. The first-order valence-corrected chi connectivity index (χ1v) is 9.07. The molecule has 0 saturated carbocycles. The minimum atomic E-state index is -0.602. The van der Waals surface area contributed by atoms with Crippen molar-refractivity contribution < 1.29 is 9.59 Å². The largest absolute Gasteiger partial charge is 0.366 e. The Labute approximate surface area is 153 Å². The summed E-state index contributed by atoms with van der Waals surface area (Å²) in [4.78, 5) is 38.5. The van der Waals surface area contributed by atoms with Crippen LogP contribution in [0.2, 0.25) is 0 Å². The summed E-state index contributed by atoms with van der Waals surface area (Å²) < 4.78 is 0. The Morgan fingerprint density at radius 3 is 2.73 bits per heavy atom. The predicted molar refractivity (Wildman–Crippen MR) is 99.3 cm³/mol. The van der Waals surface area contributed by atoms with E-state index < -0.39 is 5.91 Å². The standard InChI is InChI=1S/C17H27N7O2/c1-11(2)20-16-14(15(18)25)19-9-13(21-16)23-6-4-5-12(10-23)24-8-7-22(3)17(24)26/h9,11-12H,4-8,10H2,1-3H3,(H2,18,25)(H,20,21)/t12-/m1/s1. The summed E-state index contributed by atoms with van der Waals surface area (Å²) in [5.74, 6) is 0.501. The third-order valence-electron chi connectivity index (χ3n) is 4.83. The highest BCUT2D eigenvalue weighted by Gasteiger charge is 2.34. The van der Waals surface area contributed by atoms with Crippen LogP contribution in [0.15, 0.2) is 6.20 Å². The van der Waals surface area contributed by atoms with E-state index in [2.05, 4.69) is 20.2 Å². The lowest BCUT2D eigenvalue weighted by atomic mass is 10.0. The Kier molecular flexibility index (Phi) is 5.15. The number of carbonyl (C=O) groups excluding carboxylic acids is 2. The highest BCUT2D eigenvalue weighted by atomic mass is 16.2. The molecule has 0 spiro atoms. The molecule has 0 bridgehead atoms. The molecule has 3 heterocycles. The van der Waals surface area contributed by atoms with Crippen molar-refractivity contribution in [3.63, 3.8) is 0 Å². The molecule has 3 rings (SSSR count). The SMILES string of the molecule is CC(C)Nc1nc(N2CCC[C@@H](N3CCN(C)C3=O)C2)cnc1C(N)=O. The third kappa shape index (κ3) is 3.66. The molecule has 2 aliphatic heterocycles. The van der Waals surface area contributed by atoms with Gasteiger partial charge in [-0.1, -0.05) is 0 Å². The van der Waals surface area contributed by atoms with Crippen LogP contribution in [-0.2, 0) is 0 Å². The molecule has 0 radical (unpaired) electrons. The summed E-state index contributed by atoms with van der Waals surface area (Å²) in [5.41, 5.74) is 5.55. The summed E-state index contributed by atoms with van der Waals surface area (Å²) in [6, 6.07) is 0.360. The average molecular weight is 361 g/mol. The number of hydrogen-bond acceptors (Lipinski definition) is 6. The molecule has 0 aliphatic carbocycles. The Hall–Kier alpha value is -2.58. The first-order chi connectivity index (χ1) is 12.4. The van der Waals surface area contributed by atoms with Gasteiger partial charge < -0.3 is 25.8 Å². The zero-order valence-electron chi connectivity index (χ0n) is 15.6. The van der Waals surface area contributed by atoms with Crippen LogP contribution in [0.5, 0.6) is 0 Å². The van der Waals surface area contributed by atoms with Crippen LogP contribution in [0, 0.1) is 0 Å². The molecule has 1 aromatic rings. The summed E-state index contributed by atoms with van der Waals surface area (Å²) in [6.45, 7) is 7.02. The van der Waals surface area contributed by atoms with Crippen LogP contribution in [-0.4, -0.2) is 77.0 Å². The number of likely N-dealkylation sites (N-methyl/N-ethyl adjacent to an activating group) is 1. The molecule has 3 N–H and O–H groups in total. The lowest BCUT2D eigenvalue weighted by Gasteiger charge is -2.37. The zero-order valence-corrected chi connectivity index (χ0v) is 15.6. The summed E-state index contributed by atoms with van der Waals surface area (Å²) >= 11 is 0. The maximum atomic E-state index is 12.3. The minimum absolute atomic E-state index is 0.0918. The van der Waals surface area contributed by atoms with Gasteiger partial charge in [-0.15, -0.1) is 0 Å². The van der Waals surface area contributed by atoms with Crippen LogP contribution in [0.4, 0.5) is 16.4 Å². The van der Waals surface area contributed by atoms with E-state index in [4.69, 9.17) is 5.73 Å². The molecular formula is C17H27N7O2. The highest BCUT2D eigenvalue weighted by Crippen LogP contribution is 2.25. The molecule has 2 fully saturated rings. The van der Waals surface area contributed by atoms with Crippen LogP contribution in [0.1, 0.15) is 37.2 Å². The number of nitrogens with zero attached hydrogens (tertiary/aromatic N) is 5. The van der Waals surface area contributed by atoms with E-state index in [9.17, 15) is 9.59 Å². The fraction of sp³-hybridized carbons (Fsp3) is 0.647. The second-order valence-corrected chi connectivity index (χ2v) is 7.23. The molecule has 2 aliphatic rings. The van der Waals surface area contributed by atoms with Crippen molar-refractivity contribution >= 4 is 23.6 Å². The lowest BCUT2D eigenvalue weighted by molar-refractivity contribution is 0.0996. The van der Waals surface area contributed by atoms with E-state index in [1.165, 1.54) is 0 Å². The maximum absolute atomic E-state index is 12.3. The van der Waals surface area contributed by atoms with Gasteiger partial charge in [-0.2, -0.15) is 0 Å². The monoisotopic (exact) mass is 361 g/mol. The van der Waals surface area contributed by atoms with E-state index in [0.717, 1.165) is 32.5 Å². The average Bonchev–Trinajstić information content (AvgIpc) is 2.93. The Morgan fingerprint density at radius 2 is 2.12 bits per heavy atom. The molecule has 9 nitrogen and oxygen atoms in total. The van der Waals surface area contributed by atoms with Gasteiger partial charge in [0.2, 0.25) is 0 Å². The molecule has 1 atom stereocenters. The van der Waals surface area contributed by atoms with Crippen molar-refractivity contribution in [1.29, 1.82) is 0 Å². The van der Waals surface area contributed by atoms with Gasteiger partial charge in [0.25, 0.3) is 5.91 Å². The van der Waals surface area contributed by atoms with Crippen molar-refractivity contribution in [2.75, 3.05) is 43.4 Å². The van der Waals surface area contributed by atoms with E-state index in [1.54, 1.807) is 11.1 Å². The van der Waals surface area contributed by atoms with Crippen molar-refractivity contribution in [1.82, 2.24) is 19.8 Å². The summed E-state index contributed by atoms with van der Waals surface area (Å²) in [7, 11) is 1.83. The highest BCUT2D eigenvalue weighted by molar-refractivity contribution is 5.95. The molecule has 2 saturated heterocycles. The molecule has 3 amide bonds. The van der Waals surface area contributed by atoms with Crippen LogP contribution < -0.4 is 16.0 Å².